The third-order valence-electron chi connectivity index (χ3n) is 11.5. The van der Waals surface area contributed by atoms with Gasteiger partial charge in [0.2, 0.25) is 10.0 Å². The number of hydrogen-bond donors (Lipinski definition) is 1. The molecule has 7 rings (SSSR count). The van der Waals surface area contributed by atoms with Crippen molar-refractivity contribution in [3.05, 3.63) is 70.3 Å². The first kappa shape index (κ1) is 33.8. The Labute approximate surface area is 289 Å². The molecule has 1 saturated carbocycles. The van der Waals surface area contributed by atoms with E-state index in [4.69, 9.17) is 30.5 Å². The summed E-state index contributed by atoms with van der Waals surface area (Å²) in [6.07, 6.45) is 10.5. The van der Waals surface area contributed by atoms with Gasteiger partial charge in [-0.15, -0.1) is 0 Å². The zero-order valence-corrected chi connectivity index (χ0v) is 29.4. The van der Waals surface area contributed by atoms with Gasteiger partial charge >= 0.3 is 0 Å². The Hall–Kier alpha value is -2.63. The standard InChI is InChI=1S/C37H47ClN2O7S/c1-44-32-8-3-9-34(45-2)35(20-28-7-5-17-46-28)48(42,43)39-36(41)25-11-15-33-31(19-25)40(21-26-10-13-29(26)32)22-37(23-47-33)16-4-6-24-18-27(38)12-14-30(24)37/h3,8,11-12,14-15,18-19,26,28-29,32,34-35H,4-7,9-10,13,16-17,20-23H2,1-2H3,(H,39,41)/b8-3+/t26-,28+,29+,32-,34-,35+,37-/m0/s1. The molecule has 1 N–H and O–H groups in total. The fraction of sp³-hybridized carbons (Fsp3) is 0.595. The maximum atomic E-state index is 14.0. The molecular weight excluding hydrogens is 652 g/mol. The van der Waals surface area contributed by atoms with E-state index >= 15 is 0 Å². The Bertz CT molecular complexity index is 1640. The number of methoxy groups -OCH3 is 2. The molecule has 7 atom stereocenters. The first-order chi connectivity index (χ1) is 23.2. The largest absolute Gasteiger partial charge is 0.490 e. The highest BCUT2D eigenvalue weighted by atomic mass is 35.5. The summed E-state index contributed by atoms with van der Waals surface area (Å²) in [5.41, 5.74) is 3.37. The lowest BCUT2D eigenvalue weighted by atomic mass is 9.68. The predicted molar refractivity (Wildman–Crippen MR) is 186 cm³/mol. The number of benzene rings is 2. The van der Waals surface area contributed by atoms with Crippen molar-refractivity contribution in [2.75, 3.05) is 45.4 Å². The minimum Gasteiger partial charge on any atom is -0.490 e. The molecule has 48 heavy (non-hydrogen) atoms. The highest BCUT2D eigenvalue weighted by molar-refractivity contribution is 7.90. The summed E-state index contributed by atoms with van der Waals surface area (Å²) in [5, 5.41) is -0.241. The summed E-state index contributed by atoms with van der Waals surface area (Å²) in [7, 11) is -0.877. The van der Waals surface area contributed by atoms with Crippen LogP contribution in [-0.2, 0) is 36.1 Å². The number of halogens is 1. The molecule has 260 valence electrons. The van der Waals surface area contributed by atoms with E-state index in [1.165, 1.54) is 18.2 Å². The fourth-order valence-corrected chi connectivity index (χ4v) is 10.6. The molecule has 5 aliphatic rings. The van der Waals surface area contributed by atoms with Gasteiger partial charge in [-0.3, -0.25) is 4.79 Å². The van der Waals surface area contributed by atoms with E-state index in [1.807, 2.05) is 18.2 Å². The second kappa shape index (κ2) is 13.9. The average molecular weight is 699 g/mol. The number of nitrogens with zero attached hydrogens (tertiary/aromatic N) is 1. The van der Waals surface area contributed by atoms with E-state index in [9.17, 15) is 13.2 Å². The van der Waals surface area contributed by atoms with Crippen LogP contribution in [-0.4, -0.2) is 78.4 Å². The summed E-state index contributed by atoms with van der Waals surface area (Å²) in [5.74, 6) is 0.708. The lowest BCUT2D eigenvalue weighted by Gasteiger charge is -2.46. The van der Waals surface area contributed by atoms with Crippen LogP contribution in [0, 0.1) is 11.8 Å². The second-order valence-corrected chi connectivity index (χ2v) is 16.6. The van der Waals surface area contributed by atoms with Crippen molar-refractivity contribution in [1.82, 2.24) is 4.72 Å². The lowest BCUT2D eigenvalue weighted by molar-refractivity contribution is 0.0128. The van der Waals surface area contributed by atoms with Crippen LogP contribution in [0.3, 0.4) is 0 Å². The van der Waals surface area contributed by atoms with Gasteiger partial charge in [0.15, 0.2) is 0 Å². The van der Waals surface area contributed by atoms with Gasteiger partial charge in [0.05, 0.1) is 30.6 Å². The molecule has 0 unspecified atom stereocenters. The van der Waals surface area contributed by atoms with Gasteiger partial charge in [-0.1, -0.05) is 29.8 Å². The molecule has 1 saturated heterocycles. The molecule has 3 aliphatic heterocycles. The molecule has 2 aromatic carbocycles. The van der Waals surface area contributed by atoms with Crippen molar-refractivity contribution >= 4 is 33.2 Å². The number of ether oxygens (including phenoxy) is 4. The van der Waals surface area contributed by atoms with Crippen molar-refractivity contribution in [2.45, 2.75) is 86.8 Å². The highest BCUT2D eigenvalue weighted by Gasteiger charge is 2.45. The van der Waals surface area contributed by atoms with Crippen LogP contribution in [0.2, 0.25) is 5.02 Å². The SMILES string of the molecule is CO[C@H]1/C=C/C[C@H](OC)[C@@H](C[C@H]2CCCO2)S(=O)(=O)NC(=O)c2ccc3c(c2)N(C[C@@H]2CC[C@H]21)C[C@@]1(CCCc2cc(Cl)ccc21)CO3. The fourth-order valence-electron chi connectivity index (χ4n) is 8.77. The Morgan fingerprint density at radius 2 is 1.96 bits per heavy atom. The summed E-state index contributed by atoms with van der Waals surface area (Å²) >= 11 is 6.44. The van der Waals surface area contributed by atoms with Gasteiger partial charge in [-0.2, -0.15) is 0 Å². The summed E-state index contributed by atoms with van der Waals surface area (Å²) in [6, 6.07) is 11.5. The molecule has 0 radical (unpaired) electrons. The number of anilines is 1. The zero-order chi connectivity index (χ0) is 33.5. The molecule has 2 aromatic rings. The molecule has 2 aliphatic carbocycles. The number of amides is 1. The van der Waals surface area contributed by atoms with E-state index in [0.29, 0.717) is 43.8 Å². The average Bonchev–Trinajstić information content (AvgIpc) is 3.53. The first-order valence-corrected chi connectivity index (χ1v) is 19.3. The highest BCUT2D eigenvalue weighted by Crippen LogP contribution is 2.47. The van der Waals surface area contributed by atoms with Crippen LogP contribution >= 0.6 is 11.6 Å². The van der Waals surface area contributed by atoms with Gasteiger partial charge in [0, 0.05) is 49.9 Å². The predicted octanol–water partition coefficient (Wildman–Crippen LogP) is 5.83. The monoisotopic (exact) mass is 698 g/mol. The summed E-state index contributed by atoms with van der Waals surface area (Å²) in [6.45, 7) is 2.60. The molecule has 3 heterocycles. The second-order valence-electron chi connectivity index (χ2n) is 14.3. The van der Waals surface area contributed by atoms with E-state index in [2.05, 4.69) is 27.8 Å². The molecular formula is C37H47ClN2O7S. The van der Waals surface area contributed by atoms with Crippen LogP contribution in [0.15, 0.2) is 48.6 Å². The maximum Gasteiger partial charge on any atom is 0.264 e. The Balaban J connectivity index is 1.28. The van der Waals surface area contributed by atoms with Crippen molar-refractivity contribution in [3.63, 3.8) is 0 Å². The Kier molecular flexibility index (Phi) is 9.83. The number of carbonyl (C=O) groups is 1. The summed E-state index contributed by atoms with van der Waals surface area (Å²) < 4.78 is 54.8. The molecule has 2 bridgehead atoms. The van der Waals surface area contributed by atoms with E-state index in [1.54, 1.807) is 19.2 Å². The number of hydrogen-bond acceptors (Lipinski definition) is 8. The maximum absolute atomic E-state index is 14.0. The lowest BCUT2D eigenvalue weighted by Crippen LogP contribution is -2.49. The first-order valence-electron chi connectivity index (χ1n) is 17.4. The minimum absolute atomic E-state index is 0.109. The Morgan fingerprint density at radius 1 is 1.08 bits per heavy atom. The van der Waals surface area contributed by atoms with Gasteiger partial charge < -0.3 is 23.8 Å². The quantitative estimate of drug-likeness (QED) is 0.399. The third-order valence-corrected chi connectivity index (χ3v) is 13.5. The van der Waals surface area contributed by atoms with Crippen molar-refractivity contribution < 1.29 is 32.2 Å². The van der Waals surface area contributed by atoms with E-state index in [-0.39, 0.29) is 29.6 Å². The smallest absolute Gasteiger partial charge is 0.264 e. The minimum atomic E-state index is -4.15. The van der Waals surface area contributed by atoms with Gasteiger partial charge in [-0.25, -0.2) is 13.1 Å². The Morgan fingerprint density at radius 3 is 2.71 bits per heavy atom. The number of nitrogens with one attached hydrogen (secondary N) is 1. The summed E-state index contributed by atoms with van der Waals surface area (Å²) in [4.78, 5) is 16.2. The van der Waals surface area contributed by atoms with Crippen molar-refractivity contribution in [2.24, 2.45) is 11.8 Å². The molecule has 2 fully saturated rings. The van der Waals surface area contributed by atoms with Gasteiger partial charge in [-0.05, 0) is 111 Å². The molecule has 1 amide bonds. The van der Waals surface area contributed by atoms with E-state index in [0.717, 1.165) is 62.2 Å². The van der Waals surface area contributed by atoms with Crippen LogP contribution in [0.4, 0.5) is 5.69 Å². The number of rotatable bonds is 4. The molecule has 11 heteroatoms. The number of fused-ring (bicyclic) bond motifs is 4. The van der Waals surface area contributed by atoms with Crippen LogP contribution in [0.5, 0.6) is 5.75 Å². The normalized spacial score (nSPS) is 33.8. The topological polar surface area (TPSA) is 103 Å². The molecule has 9 nitrogen and oxygen atoms in total. The molecule has 0 aromatic heterocycles. The van der Waals surface area contributed by atoms with Gasteiger partial charge in [0.25, 0.3) is 5.91 Å². The van der Waals surface area contributed by atoms with Gasteiger partial charge in [0.1, 0.15) is 11.0 Å². The third kappa shape index (κ3) is 6.63. The van der Waals surface area contributed by atoms with Crippen molar-refractivity contribution in [1.29, 1.82) is 0 Å². The zero-order valence-electron chi connectivity index (χ0n) is 27.9. The number of aryl methyl sites for hydroxylation is 1. The van der Waals surface area contributed by atoms with Crippen LogP contribution in [0.25, 0.3) is 0 Å². The van der Waals surface area contributed by atoms with Crippen LogP contribution < -0.4 is 14.4 Å². The van der Waals surface area contributed by atoms with Crippen LogP contribution in [0.1, 0.15) is 72.9 Å². The number of carbonyl (C=O) groups excluding carboxylic acids is 1. The van der Waals surface area contributed by atoms with Crippen molar-refractivity contribution in [3.8, 4) is 5.75 Å². The number of sulfonamides is 1. The molecule has 1 spiro atoms. The van der Waals surface area contributed by atoms with E-state index < -0.39 is 27.3 Å².